The van der Waals surface area contributed by atoms with Crippen molar-refractivity contribution in [3.63, 3.8) is 0 Å². The number of aliphatic carboxylic acids is 1. The first-order chi connectivity index (χ1) is 8.71. The van der Waals surface area contributed by atoms with Gasteiger partial charge in [-0.05, 0) is 24.6 Å². The van der Waals surface area contributed by atoms with Crippen molar-refractivity contribution in [1.82, 2.24) is 5.32 Å². The number of rotatable bonds is 5. The summed E-state index contributed by atoms with van der Waals surface area (Å²) < 4.78 is 37.3. The topological polar surface area (TPSA) is 49.3 Å². The molecule has 2 N–H and O–H groups in total. The summed E-state index contributed by atoms with van der Waals surface area (Å²) in [4.78, 5) is 10.6. The van der Waals surface area contributed by atoms with E-state index in [2.05, 4.69) is 5.32 Å². The van der Waals surface area contributed by atoms with Gasteiger partial charge in [0.1, 0.15) is 0 Å². The fraction of sp³-hybridized carbons (Fsp3) is 0.417. The number of hydrogen-bond acceptors (Lipinski definition) is 2. The molecule has 106 valence electrons. The van der Waals surface area contributed by atoms with Gasteiger partial charge in [0.2, 0.25) is 0 Å². The van der Waals surface area contributed by atoms with Gasteiger partial charge in [0.05, 0.1) is 0 Å². The number of halogens is 4. The lowest BCUT2D eigenvalue weighted by Crippen LogP contribution is -2.39. The van der Waals surface area contributed by atoms with E-state index in [0.717, 1.165) is 5.56 Å². The molecule has 1 unspecified atom stereocenters. The van der Waals surface area contributed by atoms with Crippen molar-refractivity contribution in [3.05, 3.63) is 34.9 Å². The van der Waals surface area contributed by atoms with Crippen molar-refractivity contribution in [3.8, 4) is 0 Å². The summed E-state index contributed by atoms with van der Waals surface area (Å²) in [5.41, 5.74) is 0.732. The van der Waals surface area contributed by atoms with E-state index in [4.69, 9.17) is 16.7 Å². The first kappa shape index (κ1) is 15.8. The second-order valence-corrected chi connectivity index (χ2v) is 4.55. The number of alkyl halides is 3. The van der Waals surface area contributed by atoms with Crippen molar-refractivity contribution in [2.75, 3.05) is 6.54 Å². The number of carboxylic acids is 1. The Balaban J connectivity index is 2.64. The SMILES string of the molecule is C[C@H](NCC(C(=O)O)C(F)(F)F)c1ccc(Cl)cc1. The summed E-state index contributed by atoms with van der Waals surface area (Å²) in [7, 11) is 0. The van der Waals surface area contributed by atoms with E-state index >= 15 is 0 Å². The van der Waals surface area contributed by atoms with Gasteiger partial charge in [-0.3, -0.25) is 4.79 Å². The van der Waals surface area contributed by atoms with Crippen LogP contribution in [-0.2, 0) is 4.79 Å². The minimum absolute atomic E-state index is 0.401. The van der Waals surface area contributed by atoms with Crippen molar-refractivity contribution in [2.24, 2.45) is 5.92 Å². The third kappa shape index (κ3) is 4.72. The Labute approximate surface area is 113 Å². The normalized spacial score (nSPS) is 15.0. The van der Waals surface area contributed by atoms with Crippen molar-refractivity contribution in [2.45, 2.75) is 19.1 Å². The first-order valence-electron chi connectivity index (χ1n) is 5.50. The summed E-state index contributed by atoms with van der Waals surface area (Å²) in [5.74, 6) is -4.30. The molecule has 19 heavy (non-hydrogen) atoms. The Hall–Kier alpha value is -1.27. The van der Waals surface area contributed by atoms with Gasteiger partial charge in [0.15, 0.2) is 5.92 Å². The fourth-order valence-electron chi connectivity index (χ4n) is 1.51. The minimum Gasteiger partial charge on any atom is -0.481 e. The van der Waals surface area contributed by atoms with E-state index in [9.17, 15) is 18.0 Å². The molecule has 0 aliphatic heterocycles. The third-order valence-corrected chi connectivity index (χ3v) is 2.94. The number of hydrogen-bond donors (Lipinski definition) is 2. The largest absolute Gasteiger partial charge is 0.481 e. The molecule has 2 atom stereocenters. The second kappa shape index (κ2) is 6.25. The van der Waals surface area contributed by atoms with Crippen LogP contribution in [0.4, 0.5) is 13.2 Å². The number of benzene rings is 1. The molecule has 0 aliphatic rings. The molecule has 1 rings (SSSR count). The predicted molar refractivity (Wildman–Crippen MR) is 65.1 cm³/mol. The highest BCUT2D eigenvalue weighted by molar-refractivity contribution is 6.30. The van der Waals surface area contributed by atoms with Crippen LogP contribution in [0.1, 0.15) is 18.5 Å². The maximum Gasteiger partial charge on any atom is 0.403 e. The lowest BCUT2D eigenvalue weighted by Gasteiger charge is -2.20. The summed E-state index contributed by atoms with van der Waals surface area (Å²) in [6.07, 6.45) is -4.77. The van der Waals surface area contributed by atoms with Gasteiger partial charge in [0.25, 0.3) is 0 Å². The minimum atomic E-state index is -4.77. The Morgan fingerprint density at radius 3 is 2.32 bits per heavy atom. The zero-order chi connectivity index (χ0) is 14.6. The van der Waals surface area contributed by atoms with E-state index in [0.29, 0.717) is 5.02 Å². The molecule has 0 spiro atoms. The molecular weight excluding hydrogens is 283 g/mol. The predicted octanol–water partition coefficient (Wildman–Crippen LogP) is 3.25. The van der Waals surface area contributed by atoms with Crippen LogP contribution < -0.4 is 5.32 Å². The van der Waals surface area contributed by atoms with Gasteiger partial charge < -0.3 is 10.4 Å². The highest BCUT2D eigenvalue weighted by atomic mass is 35.5. The molecule has 0 bridgehead atoms. The molecule has 7 heteroatoms. The quantitative estimate of drug-likeness (QED) is 0.876. The van der Waals surface area contributed by atoms with E-state index < -0.39 is 30.7 Å². The summed E-state index contributed by atoms with van der Waals surface area (Å²) in [5, 5.41) is 11.6. The zero-order valence-electron chi connectivity index (χ0n) is 10.0. The van der Waals surface area contributed by atoms with Crippen LogP contribution >= 0.6 is 11.6 Å². The molecular formula is C12H13ClF3NO2. The van der Waals surface area contributed by atoms with E-state index in [1.54, 1.807) is 31.2 Å². The van der Waals surface area contributed by atoms with Crippen molar-refractivity contribution >= 4 is 17.6 Å². The van der Waals surface area contributed by atoms with Gasteiger partial charge in [-0.15, -0.1) is 0 Å². The van der Waals surface area contributed by atoms with E-state index in [1.165, 1.54) is 0 Å². The van der Waals surface area contributed by atoms with Crippen LogP contribution in [0.5, 0.6) is 0 Å². The number of carboxylic acid groups (broad SMARTS) is 1. The molecule has 1 aromatic rings. The summed E-state index contributed by atoms with van der Waals surface area (Å²) in [6, 6.07) is 6.18. The molecule has 0 radical (unpaired) electrons. The fourth-order valence-corrected chi connectivity index (χ4v) is 1.63. The average molecular weight is 296 g/mol. The molecule has 0 fully saturated rings. The maximum absolute atomic E-state index is 12.4. The van der Waals surface area contributed by atoms with Gasteiger partial charge in [-0.2, -0.15) is 13.2 Å². The smallest absolute Gasteiger partial charge is 0.403 e. The standard InChI is InChI=1S/C12H13ClF3NO2/c1-7(8-2-4-9(13)5-3-8)17-6-10(11(18)19)12(14,15)16/h2-5,7,10,17H,6H2,1H3,(H,18,19)/t7-,10?/m0/s1. The second-order valence-electron chi connectivity index (χ2n) is 4.11. The lowest BCUT2D eigenvalue weighted by molar-refractivity contribution is -0.192. The molecule has 0 saturated carbocycles. The van der Waals surface area contributed by atoms with Crippen LogP contribution in [0.2, 0.25) is 5.02 Å². The summed E-state index contributed by atoms with van der Waals surface area (Å²) in [6.45, 7) is 0.973. The van der Waals surface area contributed by atoms with Gasteiger partial charge in [0, 0.05) is 17.6 Å². The Bertz CT molecular complexity index is 434. The molecule has 0 aliphatic carbocycles. The highest BCUT2D eigenvalue weighted by Gasteiger charge is 2.44. The van der Waals surface area contributed by atoms with Crippen LogP contribution in [0.15, 0.2) is 24.3 Å². The third-order valence-electron chi connectivity index (χ3n) is 2.69. The van der Waals surface area contributed by atoms with Crippen LogP contribution in [-0.4, -0.2) is 23.8 Å². The lowest BCUT2D eigenvalue weighted by atomic mass is 10.1. The summed E-state index contributed by atoms with van der Waals surface area (Å²) >= 11 is 5.70. The molecule has 3 nitrogen and oxygen atoms in total. The van der Waals surface area contributed by atoms with Gasteiger partial charge in [-0.1, -0.05) is 23.7 Å². The Morgan fingerprint density at radius 1 is 1.37 bits per heavy atom. The molecule has 0 amide bonds. The van der Waals surface area contributed by atoms with Gasteiger partial charge >= 0.3 is 12.1 Å². The van der Waals surface area contributed by atoms with Crippen LogP contribution in [0.25, 0.3) is 0 Å². The molecule has 0 aromatic heterocycles. The molecule has 1 aromatic carbocycles. The van der Waals surface area contributed by atoms with Gasteiger partial charge in [-0.25, -0.2) is 0 Å². The highest BCUT2D eigenvalue weighted by Crippen LogP contribution is 2.26. The monoisotopic (exact) mass is 295 g/mol. The first-order valence-corrected chi connectivity index (χ1v) is 5.88. The van der Waals surface area contributed by atoms with E-state index in [1.807, 2.05) is 0 Å². The number of nitrogens with one attached hydrogen (secondary N) is 1. The van der Waals surface area contributed by atoms with Crippen LogP contribution in [0, 0.1) is 5.92 Å². The molecule has 0 heterocycles. The maximum atomic E-state index is 12.4. The van der Waals surface area contributed by atoms with Crippen molar-refractivity contribution in [1.29, 1.82) is 0 Å². The zero-order valence-corrected chi connectivity index (χ0v) is 10.8. The number of carbonyl (C=O) groups is 1. The van der Waals surface area contributed by atoms with Crippen LogP contribution in [0.3, 0.4) is 0 Å². The Kier molecular flexibility index (Phi) is 5.20. The Morgan fingerprint density at radius 2 is 1.89 bits per heavy atom. The van der Waals surface area contributed by atoms with E-state index in [-0.39, 0.29) is 0 Å². The van der Waals surface area contributed by atoms with Crippen molar-refractivity contribution < 1.29 is 23.1 Å². The average Bonchev–Trinajstić information content (AvgIpc) is 2.27. The molecule has 0 saturated heterocycles.